The highest BCUT2D eigenvalue weighted by Crippen LogP contribution is 2.60. The molecule has 2 nitrogen and oxygen atoms in total. The molecule has 2 saturated heterocycles. The zero-order chi connectivity index (χ0) is 17.4. The van der Waals surface area contributed by atoms with Gasteiger partial charge in [-0.3, -0.25) is 0 Å². The molecule has 0 saturated carbocycles. The number of rotatable bonds is 4. The van der Waals surface area contributed by atoms with Crippen LogP contribution in [0.1, 0.15) is 6.42 Å². The van der Waals surface area contributed by atoms with Gasteiger partial charge < -0.3 is 4.52 Å². The summed E-state index contributed by atoms with van der Waals surface area (Å²) >= 11 is 6.54. The number of halogens is 1. The Kier molecular flexibility index (Phi) is 4.87. The van der Waals surface area contributed by atoms with Crippen LogP contribution >= 0.6 is 18.9 Å². The lowest BCUT2D eigenvalue weighted by Crippen LogP contribution is -2.58. The molecule has 0 N–H and O–H groups in total. The molecule has 2 aliphatic heterocycles. The molecule has 2 aromatic rings. The van der Waals surface area contributed by atoms with Crippen LogP contribution in [0.2, 0.25) is 12.6 Å². The standard InChI is InChI=1S/C20H23ClNOPSi/c1-16-13-14-22-20(16)19(23-24(22)21)15-25(2,17-9-5-3-6-10-17)18-11-7-4-8-12-18/h3-12,19-20H,1,13-15H2,2H3/t19-,20+,24?/m0/s1. The number of hydrogen-bond acceptors (Lipinski definition) is 2. The zero-order valence-corrected chi connectivity index (χ0v) is 17.1. The van der Waals surface area contributed by atoms with Crippen LogP contribution in [0.4, 0.5) is 0 Å². The summed E-state index contributed by atoms with van der Waals surface area (Å²) < 4.78 is 8.60. The summed E-state index contributed by atoms with van der Waals surface area (Å²) in [6.45, 7) is 7.75. The Labute approximate surface area is 157 Å². The van der Waals surface area contributed by atoms with Gasteiger partial charge in [-0.25, -0.2) is 4.67 Å². The van der Waals surface area contributed by atoms with Crippen LogP contribution in [0.5, 0.6) is 0 Å². The number of fused-ring (bicyclic) bond motifs is 1. The van der Waals surface area contributed by atoms with Crippen molar-refractivity contribution in [2.24, 2.45) is 0 Å². The lowest BCUT2D eigenvalue weighted by atomic mass is 10.1. The number of hydrogen-bond donors (Lipinski definition) is 0. The molecule has 1 unspecified atom stereocenters. The Bertz CT molecular complexity index is 717. The summed E-state index contributed by atoms with van der Waals surface area (Å²) in [5, 5.41) is 2.90. The second-order valence-corrected chi connectivity index (χ2v) is 13.4. The van der Waals surface area contributed by atoms with E-state index in [4.69, 9.17) is 15.8 Å². The highest BCUT2D eigenvalue weighted by atomic mass is 35.7. The monoisotopic (exact) mass is 387 g/mol. The number of benzene rings is 2. The average Bonchev–Trinajstić information content (AvgIpc) is 3.18. The molecule has 0 spiro atoms. The van der Waals surface area contributed by atoms with Crippen LogP contribution in [-0.2, 0) is 4.52 Å². The van der Waals surface area contributed by atoms with Gasteiger partial charge in [-0.2, -0.15) is 0 Å². The molecule has 0 radical (unpaired) electrons. The molecule has 2 aromatic carbocycles. The van der Waals surface area contributed by atoms with E-state index in [1.54, 1.807) is 0 Å². The molecular weight excluding hydrogens is 365 g/mol. The molecule has 2 heterocycles. The van der Waals surface area contributed by atoms with Gasteiger partial charge in [-0.05, 0) is 23.7 Å². The predicted octanol–water partition coefficient (Wildman–Crippen LogP) is 4.37. The Morgan fingerprint density at radius 1 is 1.12 bits per heavy atom. The maximum absolute atomic E-state index is 6.54. The average molecular weight is 388 g/mol. The van der Waals surface area contributed by atoms with E-state index in [0.29, 0.717) is 6.04 Å². The predicted molar refractivity (Wildman–Crippen MR) is 110 cm³/mol. The molecule has 130 valence electrons. The van der Waals surface area contributed by atoms with Crippen LogP contribution in [0, 0.1) is 0 Å². The lowest BCUT2D eigenvalue weighted by molar-refractivity contribution is 0.249. The fraction of sp³-hybridized carbons (Fsp3) is 0.300. The maximum Gasteiger partial charge on any atom is 0.207 e. The highest BCUT2D eigenvalue weighted by molar-refractivity contribution is 7.78. The zero-order valence-electron chi connectivity index (χ0n) is 14.4. The van der Waals surface area contributed by atoms with Gasteiger partial charge in [0.1, 0.15) is 8.07 Å². The van der Waals surface area contributed by atoms with Crippen molar-refractivity contribution in [3.05, 3.63) is 72.8 Å². The van der Waals surface area contributed by atoms with E-state index in [9.17, 15) is 0 Å². The van der Waals surface area contributed by atoms with E-state index >= 15 is 0 Å². The summed E-state index contributed by atoms with van der Waals surface area (Å²) in [5.41, 5.74) is 1.29. The van der Waals surface area contributed by atoms with Crippen LogP contribution in [-0.4, -0.2) is 31.4 Å². The van der Waals surface area contributed by atoms with Crippen molar-refractivity contribution in [2.75, 3.05) is 6.54 Å². The third kappa shape index (κ3) is 3.13. The first-order valence-electron chi connectivity index (χ1n) is 8.77. The smallest absolute Gasteiger partial charge is 0.207 e. The minimum Gasteiger partial charge on any atom is -0.326 e. The Morgan fingerprint density at radius 2 is 1.68 bits per heavy atom. The summed E-state index contributed by atoms with van der Waals surface area (Å²) in [5.74, 6) is 0. The Hall–Kier alpha value is -0.963. The molecular formula is C20H23ClNOPSi. The van der Waals surface area contributed by atoms with Gasteiger partial charge in [0, 0.05) is 6.54 Å². The Morgan fingerprint density at radius 3 is 2.24 bits per heavy atom. The van der Waals surface area contributed by atoms with Crippen LogP contribution in [0.15, 0.2) is 72.8 Å². The topological polar surface area (TPSA) is 12.5 Å². The molecule has 2 fully saturated rings. The summed E-state index contributed by atoms with van der Waals surface area (Å²) in [6, 6.07) is 23.2. The van der Waals surface area contributed by atoms with Crippen LogP contribution in [0.25, 0.3) is 0 Å². The van der Waals surface area contributed by atoms with Gasteiger partial charge in [0.25, 0.3) is 0 Å². The molecule has 4 rings (SSSR count). The fourth-order valence-electron chi connectivity index (χ4n) is 4.18. The summed E-state index contributed by atoms with van der Waals surface area (Å²) in [6.07, 6.45) is 1.20. The highest BCUT2D eigenvalue weighted by Gasteiger charge is 2.49. The second-order valence-electron chi connectivity index (χ2n) is 7.15. The largest absolute Gasteiger partial charge is 0.326 e. The molecule has 0 amide bonds. The van der Waals surface area contributed by atoms with Crippen molar-refractivity contribution < 1.29 is 4.52 Å². The normalized spacial score (nSPS) is 26.8. The number of nitrogens with zero attached hydrogens (tertiary/aromatic N) is 1. The molecule has 2 aliphatic rings. The van der Waals surface area contributed by atoms with Gasteiger partial charge in [0.2, 0.25) is 7.65 Å². The molecule has 0 bridgehead atoms. The SMILES string of the molecule is C=C1CCN2[C@H]1[C@H](C[Si](C)(c1ccccc1)c1ccccc1)OP2Cl. The third-order valence-corrected chi connectivity index (χ3v) is 12.2. The maximum atomic E-state index is 6.54. The molecule has 5 heteroatoms. The van der Waals surface area contributed by atoms with Crippen LogP contribution < -0.4 is 10.4 Å². The van der Waals surface area contributed by atoms with E-state index in [1.165, 1.54) is 15.9 Å². The van der Waals surface area contributed by atoms with Crippen molar-refractivity contribution >= 4 is 37.3 Å². The van der Waals surface area contributed by atoms with E-state index in [0.717, 1.165) is 19.0 Å². The second kappa shape index (κ2) is 6.98. The molecule has 3 atom stereocenters. The van der Waals surface area contributed by atoms with E-state index < -0.39 is 15.7 Å². The van der Waals surface area contributed by atoms with Gasteiger partial charge in [0.15, 0.2) is 0 Å². The first kappa shape index (κ1) is 17.5. The first-order valence-corrected chi connectivity index (χ1v) is 13.6. The van der Waals surface area contributed by atoms with E-state index in [2.05, 4.69) is 78.5 Å². The summed E-state index contributed by atoms with van der Waals surface area (Å²) in [4.78, 5) is 0. The summed E-state index contributed by atoms with van der Waals surface area (Å²) in [7, 11) is -2.92. The van der Waals surface area contributed by atoms with Gasteiger partial charge in [-0.15, -0.1) is 0 Å². The Balaban J connectivity index is 1.72. The molecule has 0 aliphatic carbocycles. The van der Waals surface area contributed by atoms with E-state index in [1.807, 2.05) is 0 Å². The molecule has 0 aromatic heterocycles. The van der Waals surface area contributed by atoms with Gasteiger partial charge in [-0.1, -0.05) is 89.7 Å². The van der Waals surface area contributed by atoms with Crippen LogP contribution in [0.3, 0.4) is 0 Å². The fourth-order valence-corrected chi connectivity index (χ4v) is 10.2. The minimum atomic E-state index is -1.93. The van der Waals surface area contributed by atoms with Crippen molar-refractivity contribution in [1.29, 1.82) is 0 Å². The van der Waals surface area contributed by atoms with Crippen molar-refractivity contribution in [3.8, 4) is 0 Å². The third-order valence-electron chi connectivity index (χ3n) is 5.61. The van der Waals surface area contributed by atoms with Crippen molar-refractivity contribution in [1.82, 2.24) is 4.67 Å². The quantitative estimate of drug-likeness (QED) is 0.438. The van der Waals surface area contributed by atoms with Crippen molar-refractivity contribution in [3.63, 3.8) is 0 Å². The van der Waals surface area contributed by atoms with E-state index in [-0.39, 0.29) is 6.10 Å². The minimum absolute atomic E-state index is 0.149. The van der Waals surface area contributed by atoms with Crippen molar-refractivity contribution in [2.45, 2.75) is 31.2 Å². The first-order chi connectivity index (χ1) is 12.1. The molecule has 25 heavy (non-hydrogen) atoms. The lowest BCUT2D eigenvalue weighted by Gasteiger charge is -2.32. The van der Waals surface area contributed by atoms with Gasteiger partial charge >= 0.3 is 0 Å². The van der Waals surface area contributed by atoms with Gasteiger partial charge in [0.05, 0.1) is 12.1 Å².